The fraction of sp³-hybridized carbons (Fsp3) is 0.400. The van der Waals surface area contributed by atoms with E-state index in [1.54, 1.807) is 6.33 Å². The van der Waals surface area contributed by atoms with Crippen LogP contribution in [0.5, 0.6) is 0 Å². The lowest BCUT2D eigenvalue weighted by molar-refractivity contribution is 0.0603. The van der Waals surface area contributed by atoms with Crippen molar-refractivity contribution < 1.29 is 9.53 Å². The number of nitrogens with zero attached hydrogens (tertiary/aromatic N) is 5. The van der Waals surface area contributed by atoms with Gasteiger partial charge in [0, 0.05) is 13.1 Å². The molecule has 0 saturated carbocycles. The summed E-state index contributed by atoms with van der Waals surface area (Å²) < 4.78 is 10.8. The molecule has 0 spiro atoms. The highest BCUT2D eigenvalue weighted by molar-refractivity contribution is 7.11. The van der Waals surface area contributed by atoms with Crippen LogP contribution in [0.2, 0.25) is 0 Å². The third kappa shape index (κ3) is 1.91. The number of ether oxygens (including phenoxy) is 1. The monoisotopic (exact) mass is 280 g/mol. The molecule has 19 heavy (non-hydrogen) atoms. The fourth-order valence-corrected chi connectivity index (χ4v) is 2.87. The van der Waals surface area contributed by atoms with Crippen LogP contribution in [-0.4, -0.2) is 38.8 Å². The van der Waals surface area contributed by atoms with Crippen molar-refractivity contribution in [2.24, 2.45) is 0 Å². The van der Waals surface area contributed by atoms with Gasteiger partial charge >= 0.3 is 5.97 Å². The van der Waals surface area contributed by atoms with E-state index in [1.165, 1.54) is 18.6 Å². The third-order valence-electron chi connectivity index (χ3n) is 3.02. The minimum atomic E-state index is -0.465. The summed E-state index contributed by atoms with van der Waals surface area (Å²) in [6.45, 7) is 2.09. The molecule has 0 fully saturated rings. The van der Waals surface area contributed by atoms with Crippen molar-refractivity contribution in [2.75, 3.05) is 24.3 Å². The van der Waals surface area contributed by atoms with E-state index in [0.29, 0.717) is 12.1 Å². The van der Waals surface area contributed by atoms with Gasteiger partial charge in [0.2, 0.25) is 0 Å². The Bertz CT molecular complexity index is 621. The van der Waals surface area contributed by atoms with Crippen LogP contribution < -0.4 is 10.6 Å². The molecule has 0 bridgehead atoms. The number of hydrogen-bond acceptors (Lipinski definition) is 8. The molecule has 9 heteroatoms. The molecule has 0 amide bonds. The van der Waals surface area contributed by atoms with Crippen LogP contribution in [-0.2, 0) is 17.8 Å². The van der Waals surface area contributed by atoms with Gasteiger partial charge in [-0.05, 0) is 11.5 Å². The molecule has 0 unspecified atom stereocenters. The molecule has 0 atom stereocenters. The lowest BCUT2D eigenvalue weighted by Crippen LogP contribution is -2.34. The summed E-state index contributed by atoms with van der Waals surface area (Å²) in [7, 11) is 1.33. The zero-order chi connectivity index (χ0) is 13.4. The first-order valence-electron chi connectivity index (χ1n) is 5.65. The molecule has 2 aromatic heterocycles. The van der Waals surface area contributed by atoms with Crippen molar-refractivity contribution in [3.8, 4) is 0 Å². The number of carbonyl (C=O) groups is 1. The van der Waals surface area contributed by atoms with Gasteiger partial charge in [-0.1, -0.05) is 0 Å². The summed E-state index contributed by atoms with van der Waals surface area (Å²) in [5.74, 6) is 0.598. The molecule has 0 aliphatic carbocycles. The Hall–Kier alpha value is -2.16. The predicted molar refractivity (Wildman–Crippen MR) is 68.9 cm³/mol. The van der Waals surface area contributed by atoms with E-state index in [1.807, 2.05) is 9.47 Å². The Morgan fingerprint density at radius 2 is 2.37 bits per heavy atom. The largest absolute Gasteiger partial charge is 0.465 e. The summed E-state index contributed by atoms with van der Waals surface area (Å²) in [4.78, 5) is 13.8. The Labute approximate surface area is 113 Å². The summed E-state index contributed by atoms with van der Waals surface area (Å²) in [6.07, 6.45) is 1.70. The first-order chi connectivity index (χ1) is 9.20. The second-order valence-electron chi connectivity index (χ2n) is 4.10. The number of aromatic nitrogens is 4. The number of carbonyl (C=O) groups excluding carboxylic acids is 1. The van der Waals surface area contributed by atoms with E-state index in [9.17, 15) is 4.79 Å². The number of esters is 1. The van der Waals surface area contributed by atoms with Crippen molar-refractivity contribution in [3.63, 3.8) is 0 Å². The Morgan fingerprint density at radius 3 is 3.16 bits per heavy atom. The molecular formula is C10H12N6O2S. The lowest BCUT2D eigenvalue weighted by atomic mass is 10.2. The minimum absolute atomic E-state index is 0.207. The van der Waals surface area contributed by atoms with Gasteiger partial charge in [0.15, 0.2) is 11.6 Å². The van der Waals surface area contributed by atoms with Crippen LogP contribution >= 0.6 is 11.5 Å². The van der Waals surface area contributed by atoms with E-state index in [4.69, 9.17) is 10.5 Å². The lowest BCUT2D eigenvalue weighted by Gasteiger charge is -2.27. The van der Waals surface area contributed by atoms with Gasteiger partial charge in [-0.15, -0.1) is 10.2 Å². The first-order valence-corrected chi connectivity index (χ1v) is 6.43. The van der Waals surface area contributed by atoms with Gasteiger partial charge in [-0.2, -0.15) is 4.37 Å². The third-order valence-corrected chi connectivity index (χ3v) is 3.94. The number of hydrogen-bond donors (Lipinski definition) is 1. The molecule has 0 saturated heterocycles. The van der Waals surface area contributed by atoms with E-state index < -0.39 is 5.97 Å². The standard InChI is InChI=1S/C10H12N6O2S/c1-18-10(17)7-8(11)14-19-9(7)15-2-3-16-5-12-13-6(16)4-15/h5H,2-4H2,1H3,(H2,11,14). The second kappa shape index (κ2) is 4.50. The van der Waals surface area contributed by atoms with E-state index >= 15 is 0 Å². The number of anilines is 2. The van der Waals surface area contributed by atoms with Crippen LogP contribution in [0, 0.1) is 0 Å². The van der Waals surface area contributed by atoms with Gasteiger partial charge < -0.3 is 19.9 Å². The minimum Gasteiger partial charge on any atom is -0.465 e. The summed E-state index contributed by atoms with van der Waals surface area (Å²) in [5.41, 5.74) is 6.07. The topological polar surface area (TPSA) is 99.2 Å². The maximum absolute atomic E-state index is 11.8. The first kappa shape index (κ1) is 11.9. The normalized spacial score (nSPS) is 14.3. The predicted octanol–water partition coefficient (Wildman–Crippen LogP) is 0.124. The van der Waals surface area contributed by atoms with Gasteiger partial charge in [0.25, 0.3) is 0 Å². The second-order valence-corrected chi connectivity index (χ2v) is 4.85. The number of nitrogen functional groups attached to an aromatic ring is 1. The number of fused-ring (bicyclic) bond motifs is 1. The molecule has 1 aliphatic heterocycles. The molecule has 2 N–H and O–H groups in total. The highest BCUT2D eigenvalue weighted by Crippen LogP contribution is 2.32. The fourth-order valence-electron chi connectivity index (χ4n) is 2.04. The quantitative estimate of drug-likeness (QED) is 0.780. The van der Waals surface area contributed by atoms with Crippen molar-refractivity contribution in [1.29, 1.82) is 0 Å². The Morgan fingerprint density at radius 1 is 1.53 bits per heavy atom. The molecule has 3 heterocycles. The molecule has 2 aromatic rings. The van der Waals surface area contributed by atoms with Crippen LogP contribution in [0.15, 0.2) is 6.33 Å². The molecule has 1 aliphatic rings. The number of methoxy groups -OCH3 is 1. The average molecular weight is 280 g/mol. The highest BCUT2D eigenvalue weighted by Gasteiger charge is 2.27. The SMILES string of the molecule is COC(=O)c1c(N)nsc1N1CCn2cnnc2C1. The zero-order valence-corrected chi connectivity index (χ0v) is 11.1. The van der Waals surface area contributed by atoms with Gasteiger partial charge in [0.05, 0.1) is 13.7 Å². The maximum Gasteiger partial charge on any atom is 0.344 e. The summed E-state index contributed by atoms with van der Waals surface area (Å²) in [6, 6.07) is 0. The van der Waals surface area contributed by atoms with Gasteiger partial charge in [0.1, 0.15) is 16.9 Å². The average Bonchev–Trinajstić information content (AvgIpc) is 3.03. The maximum atomic E-state index is 11.8. The van der Waals surface area contributed by atoms with Crippen LogP contribution in [0.1, 0.15) is 16.2 Å². The molecule has 0 radical (unpaired) electrons. The van der Waals surface area contributed by atoms with E-state index in [-0.39, 0.29) is 5.82 Å². The molecule has 8 nitrogen and oxygen atoms in total. The Balaban J connectivity index is 1.94. The van der Waals surface area contributed by atoms with Crippen molar-refractivity contribution in [1.82, 2.24) is 19.1 Å². The number of rotatable bonds is 2. The molecular weight excluding hydrogens is 268 g/mol. The van der Waals surface area contributed by atoms with Crippen LogP contribution in [0.25, 0.3) is 0 Å². The van der Waals surface area contributed by atoms with E-state index in [2.05, 4.69) is 14.6 Å². The molecule has 100 valence electrons. The van der Waals surface area contributed by atoms with Crippen molar-refractivity contribution >= 4 is 28.3 Å². The van der Waals surface area contributed by atoms with Crippen LogP contribution in [0.3, 0.4) is 0 Å². The summed E-state index contributed by atoms with van der Waals surface area (Å²) >= 11 is 1.20. The highest BCUT2D eigenvalue weighted by atomic mass is 32.1. The zero-order valence-electron chi connectivity index (χ0n) is 10.2. The smallest absolute Gasteiger partial charge is 0.344 e. The van der Waals surface area contributed by atoms with Gasteiger partial charge in [-0.3, -0.25) is 0 Å². The van der Waals surface area contributed by atoms with Crippen molar-refractivity contribution in [3.05, 3.63) is 17.7 Å². The Kier molecular flexibility index (Phi) is 2.82. The summed E-state index contributed by atoms with van der Waals surface area (Å²) in [5, 5.41) is 8.63. The number of nitrogens with two attached hydrogens (primary N) is 1. The molecule has 0 aromatic carbocycles. The van der Waals surface area contributed by atoms with Crippen LogP contribution in [0.4, 0.5) is 10.8 Å². The van der Waals surface area contributed by atoms with Crippen molar-refractivity contribution in [2.45, 2.75) is 13.1 Å². The van der Waals surface area contributed by atoms with Gasteiger partial charge in [-0.25, -0.2) is 4.79 Å². The molecule has 3 rings (SSSR count). The van der Waals surface area contributed by atoms with E-state index in [0.717, 1.165) is 23.9 Å².